The van der Waals surface area contributed by atoms with Crippen molar-refractivity contribution in [2.24, 2.45) is 0 Å². The molecule has 5 nitrogen and oxygen atoms in total. The van der Waals surface area contributed by atoms with Crippen molar-refractivity contribution in [1.82, 2.24) is 19.6 Å². The number of hydrogen-bond donors (Lipinski definition) is 0. The van der Waals surface area contributed by atoms with Crippen molar-refractivity contribution in [1.29, 1.82) is 0 Å². The smallest absolute Gasteiger partial charge is 0.274 e. The molecule has 0 radical (unpaired) electrons. The van der Waals surface area contributed by atoms with E-state index in [9.17, 15) is 4.79 Å². The van der Waals surface area contributed by atoms with E-state index in [-0.39, 0.29) is 5.91 Å². The number of likely N-dealkylation sites (N-methyl/N-ethyl adjacent to an activating group) is 1. The maximum absolute atomic E-state index is 13.3. The molecule has 0 spiro atoms. The van der Waals surface area contributed by atoms with Gasteiger partial charge >= 0.3 is 0 Å². The largest absolute Gasteiger partial charge is 0.337 e. The van der Waals surface area contributed by atoms with Crippen LogP contribution in [-0.4, -0.2) is 51.2 Å². The molecular weight excluding hydrogens is 360 g/mol. The van der Waals surface area contributed by atoms with Crippen LogP contribution in [-0.2, 0) is 25.9 Å². The van der Waals surface area contributed by atoms with Gasteiger partial charge in [-0.15, -0.1) is 0 Å². The van der Waals surface area contributed by atoms with E-state index in [1.54, 1.807) is 0 Å². The number of hydrogen-bond acceptors (Lipinski definition) is 3. The van der Waals surface area contributed by atoms with Crippen LogP contribution in [0.5, 0.6) is 0 Å². The first kappa shape index (κ1) is 20.1. The molecule has 2 aliphatic rings. The molecule has 0 N–H and O–H groups in total. The molecule has 1 atom stereocenters. The maximum atomic E-state index is 13.3. The lowest BCUT2D eigenvalue weighted by atomic mass is 9.89. The Kier molecular flexibility index (Phi) is 6.34. The Labute approximate surface area is 174 Å². The molecular formula is C24H34N4O. The van der Waals surface area contributed by atoms with Crippen LogP contribution in [0.25, 0.3) is 0 Å². The molecule has 1 amide bonds. The van der Waals surface area contributed by atoms with Crippen LogP contribution in [0.4, 0.5) is 0 Å². The summed E-state index contributed by atoms with van der Waals surface area (Å²) in [6.07, 6.45) is 6.55. The number of amides is 1. The summed E-state index contributed by atoms with van der Waals surface area (Å²) in [5.74, 6) is 0.153. The van der Waals surface area contributed by atoms with E-state index >= 15 is 0 Å². The highest BCUT2D eigenvalue weighted by atomic mass is 16.2. The zero-order valence-corrected chi connectivity index (χ0v) is 17.9. The summed E-state index contributed by atoms with van der Waals surface area (Å²) in [6, 6.07) is 11.2. The number of rotatable bonds is 6. The molecule has 1 aliphatic heterocycles. The molecule has 1 aliphatic carbocycles. The second-order valence-corrected chi connectivity index (χ2v) is 8.39. The molecule has 1 saturated heterocycles. The van der Waals surface area contributed by atoms with Gasteiger partial charge in [0.15, 0.2) is 5.69 Å². The summed E-state index contributed by atoms with van der Waals surface area (Å²) in [5.41, 5.74) is 4.59. The van der Waals surface area contributed by atoms with Gasteiger partial charge in [0.25, 0.3) is 5.91 Å². The third-order valence-corrected chi connectivity index (χ3v) is 6.62. The number of nitrogens with zero attached hydrogens (tertiary/aromatic N) is 4. The number of piperidine rings is 1. The molecule has 4 rings (SSSR count). The van der Waals surface area contributed by atoms with Gasteiger partial charge in [-0.3, -0.25) is 14.4 Å². The second kappa shape index (κ2) is 9.12. The average Bonchev–Trinajstić information content (AvgIpc) is 3.16. The van der Waals surface area contributed by atoms with Gasteiger partial charge in [-0.2, -0.15) is 5.10 Å². The molecule has 1 aromatic carbocycles. The first-order valence-electron chi connectivity index (χ1n) is 11.4. The summed E-state index contributed by atoms with van der Waals surface area (Å²) in [4.78, 5) is 17.9. The van der Waals surface area contributed by atoms with Gasteiger partial charge in [-0.25, -0.2) is 0 Å². The van der Waals surface area contributed by atoms with Crippen LogP contribution in [0.3, 0.4) is 0 Å². The number of aromatic nitrogens is 2. The number of aryl methyl sites for hydroxylation is 1. The number of carbonyl (C=O) groups excluding carboxylic acids is 1. The molecule has 29 heavy (non-hydrogen) atoms. The predicted octanol–water partition coefficient (Wildman–Crippen LogP) is 3.91. The van der Waals surface area contributed by atoms with Gasteiger partial charge in [-0.1, -0.05) is 37.3 Å². The molecule has 1 unspecified atom stereocenters. The van der Waals surface area contributed by atoms with Crippen molar-refractivity contribution in [2.75, 3.05) is 19.6 Å². The van der Waals surface area contributed by atoms with E-state index in [0.29, 0.717) is 6.04 Å². The Morgan fingerprint density at radius 3 is 2.59 bits per heavy atom. The molecule has 1 aromatic heterocycles. The Bertz CT molecular complexity index is 823. The number of fused-ring (bicyclic) bond motifs is 1. The van der Waals surface area contributed by atoms with Gasteiger partial charge in [0.2, 0.25) is 0 Å². The lowest BCUT2D eigenvalue weighted by Gasteiger charge is -2.34. The molecule has 0 saturated carbocycles. The second-order valence-electron chi connectivity index (χ2n) is 8.39. The molecule has 0 bridgehead atoms. The van der Waals surface area contributed by atoms with Crippen molar-refractivity contribution in [3.8, 4) is 0 Å². The van der Waals surface area contributed by atoms with Crippen molar-refractivity contribution in [3.63, 3.8) is 0 Å². The topological polar surface area (TPSA) is 41.4 Å². The minimum Gasteiger partial charge on any atom is -0.337 e. The number of carbonyl (C=O) groups is 1. The first-order chi connectivity index (χ1) is 14.2. The van der Waals surface area contributed by atoms with Crippen LogP contribution >= 0.6 is 0 Å². The summed E-state index contributed by atoms with van der Waals surface area (Å²) in [5, 5.41) is 4.80. The zero-order valence-electron chi connectivity index (χ0n) is 17.9. The third-order valence-electron chi connectivity index (χ3n) is 6.62. The minimum absolute atomic E-state index is 0.153. The van der Waals surface area contributed by atoms with Crippen LogP contribution in [0.2, 0.25) is 0 Å². The standard InChI is InChI=1S/C24H34N4O/c1-3-26(18-19-11-7-5-8-12-19)20-13-14-22-21(17-20)23(25-28(22)4-2)24(29)27-15-9-6-10-16-27/h5,7-8,11-12,20H,3-4,6,9-10,13-18H2,1-2H3. The summed E-state index contributed by atoms with van der Waals surface area (Å²) < 4.78 is 2.08. The lowest BCUT2D eigenvalue weighted by Crippen LogP contribution is -2.40. The van der Waals surface area contributed by atoms with E-state index in [1.807, 2.05) is 4.90 Å². The SMILES string of the molecule is CCN(Cc1ccccc1)C1CCc2c(c(C(=O)N3CCCCC3)nn2CC)C1. The third kappa shape index (κ3) is 4.25. The van der Waals surface area contributed by atoms with Gasteiger partial charge < -0.3 is 4.90 Å². The molecule has 5 heteroatoms. The number of likely N-dealkylation sites (tertiary alicyclic amines) is 1. The van der Waals surface area contributed by atoms with Gasteiger partial charge in [0.1, 0.15) is 0 Å². The zero-order chi connectivity index (χ0) is 20.2. The van der Waals surface area contributed by atoms with Gasteiger partial charge in [0.05, 0.1) is 0 Å². The van der Waals surface area contributed by atoms with Crippen molar-refractivity contribution >= 4 is 5.91 Å². The molecule has 2 aromatic rings. The highest BCUT2D eigenvalue weighted by Gasteiger charge is 2.33. The predicted molar refractivity (Wildman–Crippen MR) is 116 cm³/mol. The highest BCUT2D eigenvalue weighted by molar-refractivity contribution is 5.94. The lowest BCUT2D eigenvalue weighted by molar-refractivity contribution is 0.0715. The summed E-state index contributed by atoms with van der Waals surface area (Å²) in [7, 11) is 0. The normalized spacial score (nSPS) is 19.4. The monoisotopic (exact) mass is 394 g/mol. The minimum atomic E-state index is 0.153. The van der Waals surface area contributed by atoms with Crippen LogP contribution in [0.15, 0.2) is 30.3 Å². The fraction of sp³-hybridized carbons (Fsp3) is 0.583. The molecule has 2 heterocycles. The fourth-order valence-electron chi connectivity index (χ4n) is 4.98. The van der Waals surface area contributed by atoms with Gasteiger partial charge in [0, 0.05) is 43.5 Å². The Balaban J connectivity index is 1.57. The Morgan fingerprint density at radius 1 is 1.14 bits per heavy atom. The van der Waals surface area contributed by atoms with E-state index in [1.165, 1.54) is 23.2 Å². The van der Waals surface area contributed by atoms with E-state index in [0.717, 1.165) is 70.5 Å². The Hall–Kier alpha value is -2.14. The van der Waals surface area contributed by atoms with Crippen LogP contribution in [0.1, 0.15) is 66.8 Å². The quantitative estimate of drug-likeness (QED) is 0.746. The highest BCUT2D eigenvalue weighted by Crippen LogP contribution is 2.29. The summed E-state index contributed by atoms with van der Waals surface area (Å²) >= 11 is 0. The fourth-order valence-corrected chi connectivity index (χ4v) is 4.98. The van der Waals surface area contributed by atoms with Crippen LogP contribution in [0, 0.1) is 0 Å². The number of benzene rings is 1. The first-order valence-corrected chi connectivity index (χ1v) is 11.4. The van der Waals surface area contributed by atoms with Crippen molar-refractivity contribution in [2.45, 2.75) is 71.5 Å². The van der Waals surface area contributed by atoms with E-state index in [4.69, 9.17) is 5.10 Å². The maximum Gasteiger partial charge on any atom is 0.274 e. The van der Waals surface area contributed by atoms with Gasteiger partial charge in [-0.05, 0) is 57.6 Å². The summed E-state index contributed by atoms with van der Waals surface area (Å²) in [6.45, 7) is 8.95. The molecule has 1 fully saturated rings. The van der Waals surface area contributed by atoms with Crippen LogP contribution < -0.4 is 0 Å². The van der Waals surface area contributed by atoms with Crippen molar-refractivity contribution in [3.05, 3.63) is 52.8 Å². The average molecular weight is 395 g/mol. The van der Waals surface area contributed by atoms with Crippen molar-refractivity contribution < 1.29 is 4.79 Å². The van der Waals surface area contributed by atoms with E-state index in [2.05, 4.69) is 53.8 Å². The van der Waals surface area contributed by atoms with E-state index < -0.39 is 0 Å². The molecule has 156 valence electrons. The Morgan fingerprint density at radius 2 is 1.90 bits per heavy atom.